The van der Waals surface area contributed by atoms with Crippen molar-refractivity contribution in [2.24, 2.45) is 0 Å². The number of methoxy groups -OCH3 is 1. The van der Waals surface area contributed by atoms with Gasteiger partial charge in [-0.25, -0.2) is 8.42 Å². The summed E-state index contributed by atoms with van der Waals surface area (Å²) in [5.41, 5.74) is 2.25. The van der Waals surface area contributed by atoms with Gasteiger partial charge in [0, 0.05) is 19.2 Å². The molecule has 0 spiro atoms. The summed E-state index contributed by atoms with van der Waals surface area (Å²) in [5, 5.41) is 2.73. The van der Waals surface area contributed by atoms with E-state index >= 15 is 0 Å². The molecule has 132 valence electrons. The number of benzene rings is 2. The van der Waals surface area contributed by atoms with Crippen molar-refractivity contribution < 1.29 is 17.9 Å². The molecule has 7 heteroatoms. The SMILES string of the molecule is COc1ccc(S(=O)(=O)N2CCCc3cc(NC(C)=O)ccc32)cc1. The Kier molecular flexibility index (Phi) is 4.67. The van der Waals surface area contributed by atoms with Gasteiger partial charge < -0.3 is 10.1 Å². The molecule has 1 aliphatic rings. The van der Waals surface area contributed by atoms with E-state index in [1.807, 2.05) is 6.07 Å². The van der Waals surface area contributed by atoms with Crippen LogP contribution in [0.5, 0.6) is 5.75 Å². The highest BCUT2D eigenvalue weighted by molar-refractivity contribution is 7.92. The van der Waals surface area contributed by atoms with Gasteiger partial charge >= 0.3 is 0 Å². The minimum Gasteiger partial charge on any atom is -0.497 e. The predicted molar refractivity (Wildman–Crippen MR) is 96.6 cm³/mol. The van der Waals surface area contributed by atoms with Gasteiger partial charge in [0.25, 0.3) is 10.0 Å². The number of sulfonamides is 1. The van der Waals surface area contributed by atoms with Crippen LogP contribution in [0.15, 0.2) is 47.4 Å². The molecule has 0 atom stereocenters. The zero-order valence-electron chi connectivity index (χ0n) is 14.2. The fourth-order valence-corrected chi connectivity index (χ4v) is 4.51. The zero-order chi connectivity index (χ0) is 18.0. The smallest absolute Gasteiger partial charge is 0.264 e. The molecule has 25 heavy (non-hydrogen) atoms. The number of nitrogens with zero attached hydrogens (tertiary/aromatic N) is 1. The van der Waals surface area contributed by atoms with Crippen LogP contribution in [0.1, 0.15) is 18.9 Å². The molecule has 0 fully saturated rings. The minimum absolute atomic E-state index is 0.154. The Morgan fingerprint density at radius 3 is 2.52 bits per heavy atom. The standard InChI is InChI=1S/C18H20N2O4S/c1-13(21)19-15-5-10-18-14(12-15)4-3-11-20(18)25(22,23)17-8-6-16(24-2)7-9-17/h5-10,12H,3-4,11H2,1-2H3,(H,19,21). The van der Waals surface area contributed by atoms with E-state index in [9.17, 15) is 13.2 Å². The maximum Gasteiger partial charge on any atom is 0.264 e. The second-order valence-corrected chi connectivity index (χ2v) is 7.74. The first-order valence-electron chi connectivity index (χ1n) is 7.99. The van der Waals surface area contributed by atoms with Gasteiger partial charge in [0.1, 0.15) is 5.75 Å². The van der Waals surface area contributed by atoms with Crippen LogP contribution in [-0.4, -0.2) is 28.0 Å². The molecule has 0 saturated heterocycles. The van der Waals surface area contributed by atoms with Crippen molar-refractivity contribution >= 4 is 27.3 Å². The molecule has 0 unspecified atom stereocenters. The molecule has 0 bridgehead atoms. The molecule has 1 heterocycles. The summed E-state index contributed by atoms with van der Waals surface area (Å²) in [6.45, 7) is 1.88. The summed E-state index contributed by atoms with van der Waals surface area (Å²) in [6, 6.07) is 11.7. The fourth-order valence-electron chi connectivity index (χ4n) is 2.97. The molecular formula is C18H20N2O4S. The van der Waals surface area contributed by atoms with Gasteiger partial charge in [0.05, 0.1) is 17.7 Å². The number of nitrogens with one attached hydrogen (secondary N) is 1. The Balaban J connectivity index is 1.97. The normalized spacial score (nSPS) is 13.9. The molecule has 2 aromatic rings. The van der Waals surface area contributed by atoms with Crippen LogP contribution in [0.3, 0.4) is 0 Å². The monoisotopic (exact) mass is 360 g/mol. The van der Waals surface area contributed by atoms with Crippen LogP contribution in [0.2, 0.25) is 0 Å². The third kappa shape index (κ3) is 3.46. The van der Waals surface area contributed by atoms with Gasteiger partial charge in [-0.3, -0.25) is 9.10 Å². The molecule has 0 saturated carbocycles. The van der Waals surface area contributed by atoms with Crippen LogP contribution in [0.25, 0.3) is 0 Å². The van der Waals surface area contributed by atoms with E-state index in [0.717, 1.165) is 18.4 Å². The number of carbonyl (C=O) groups is 1. The first kappa shape index (κ1) is 17.3. The van der Waals surface area contributed by atoms with Crippen molar-refractivity contribution in [1.29, 1.82) is 0 Å². The number of fused-ring (bicyclic) bond motifs is 1. The van der Waals surface area contributed by atoms with Crippen molar-refractivity contribution in [3.8, 4) is 5.75 Å². The topological polar surface area (TPSA) is 75.7 Å². The molecule has 0 aromatic heterocycles. The average molecular weight is 360 g/mol. The Morgan fingerprint density at radius 2 is 1.88 bits per heavy atom. The number of carbonyl (C=O) groups excluding carboxylic acids is 1. The molecule has 6 nitrogen and oxygen atoms in total. The lowest BCUT2D eigenvalue weighted by Gasteiger charge is -2.31. The van der Waals surface area contributed by atoms with E-state index < -0.39 is 10.0 Å². The van der Waals surface area contributed by atoms with Gasteiger partial charge in [-0.2, -0.15) is 0 Å². The number of hydrogen-bond acceptors (Lipinski definition) is 4. The number of hydrogen-bond donors (Lipinski definition) is 1. The van der Waals surface area contributed by atoms with Crippen LogP contribution < -0.4 is 14.4 Å². The molecule has 0 radical (unpaired) electrons. The molecular weight excluding hydrogens is 340 g/mol. The van der Waals surface area contributed by atoms with Crippen LogP contribution >= 0.6 is 0 Å². The molecule has 1 amide bonds. The lowest BCUT2D eigenvalue weighted by molar-refractivity contribution is -0.114. The summed E-state index contributed by atoms with van der Waals surface area (Å²) < 4.78 is 32.6. The molecule has 3 rings (SSSR count). The predicted octanol–water partition coefficient (Wildman–Crippen LogP) is 2.80. The molecule has 0 aliphatic carbocycles. The summed E-state index contributed by atoms with van der Waals surface area (Å²) in [6.07, 6.45) is 1.50. The second-order valence-electron chi connectivity index (χ2n) is 5.88. The highest BCUT2D eigenvalue weighted by Crippen LogP contribution is 2.34. The average Bonchev–Trinajstić information content (AvgIpc) is 2.60. The quantitative estimate of drug-likeness (QED) is 0.910. The first-order valence-corrected chi connectivity index (χ1v) is 9.43. The highest BCUT2D eigenvalue weighted by Gasteiger charge is 2.29. The van der Waals surface area contributed by atoms with Crippen LogP contribution in [0, 0.1) is 0 Å². The Labute approximate surface area is 147 Å². The Morgan fingerprint density at radius 1 is 1.16 bits per heavy atom. The van der Waals surface area contributed by atoms with Gasteiger partial charge in [-0.05, 0) is 60.9 Å². The molecule has 2 aromatic carbocycles. The van der Waals surface area contributed by atoms with Crippen LogP contribution in [-0.2, 0) is 21.2 Å². The number of ether oxygens (including phenoxy) is 1. The van der Waals surface area contributed by atoms with Crippen molar-refractivity contribution in [3.05, 3.63) is 48.0 Å². The van der Waals surface area contributed by atoms with Crippen LogP contribution in [0.4, 0.5) is 11.4 Å². The third-order valence-electron chi connectivity index (χ3n) is 4.12. The van der Waals surface area contributed by atoms with Crippen molar-refractivity contribution in [2.75, 3.05) is 23.3 Å². The fraction of sp³-hybridized carbons (Fsp3) is 0.278. The number of anilines is 2. The van der Waals surface area contributed by atoms with Crippen molar-refractivity contribution in [3.63, 3.8) is 0 Å². The second kappa shape index (κ2) is 6.76. The first-order chi connectivity index (χ1) is 11.9. The zero-order valence-corrected chi connectivity index (χ0v) is 15.0. The van der Waals surface area contributed by atoms with Crippen molar-refractivity contribution in [1.82, 2.24) is 0 Å². The summed E-state index contributed by atoms with van der Waals surface area (Å²) >= 11 is 0. The van der Waals surface area contributed by atoms with Gasteiger partial charge in [0.2, 0.25) is 5.91 Å². The molecule has 1 N–H and O–H groups in total. The maximum absolute atomic E-state index is 13.0. The Hall–Kier alpha value is -2.54. The highest BCUT2D eigenvalue weighted by atomic mass is 32.2. The maximum atomic E-state index is 13.0. The molecule has 1 aliphatic heterocycles. The lowest BCUT2D eigenvalue weighted by Crippen LogP contribution is -2.35. The van der Waals surface area contributed by atoms with E-state index in [4.69, 9.17) is 4.74 Å². The largest absolute Gasteiger partial charge is 0.497 e. The van der Waals surface area contributed by atoms with E-state index in [-0.39, 0.29) is 10.8 Å². The minimum atomic E-state index is -3.65. The Bertz CT molecular complexity index is 892. The van der Waals surface area contributed by atoms with E-state index in [1.54, 1.807) is 36.4 Å². The van der Waals surface area contributed by atoms with E-state index in [1.165, 1.54) is 18.3 Å². The van der Waals surface area contributed by atoms with Gasteiger partial charge in [-0.15, -0.1) is 0 Å². The van der Waals surface area contributed by atoms with Gasteiger partial charge in [-0.1, -0.05) is 0 Å². The van der Waals surface area contributed by atoms with Crippen molar-refractivity contribution in [2.45, 2.75) is 24.7 Å². The summed E-state index contributed by atoms with van der Waals surface area (Å²) in [7, 11) is -2.11. The number of amides is 1. The summed E-state index contributed by atoms with van der Waals surface area (Å²) in [5.74, 6) is 0.455. The lowest BCUT2D eigenvalue weighted by atomic mass is 10.0. The van der Waals surface area contributed by atoms with Gasteiger partial charge in [0.15, 0.2) is 0 Å². The van der Waals surface area contributed by atoms with E-state index in [2.05, 4.69) is 5.32 Å². The number of rotatable bonds is 4. The van der Waals surface area contributed by atoms with E-state index in [0.29, 0.717) is 23.7 Å². The summed E-state index contributed by atoms with van der Waals surface area (Å²) in [4.78, 5) is 11.4. The number of aryl methyl sites for hydroxylation is 1. The third-order valence-corrected chi connectivity index (χ3v) is 5.95.